The van der Waals surface area contributed by atoms with Crippen molar-refractivity contribution in [2.75, 3.05) is 5.32 Å². The third kappa shape index (κ3) is 4.32. The summed E-state index contributed by atoms with van der Waals surface area (Å²) in [6.07, 6.45) is 5.29. The van der Waals surface area contributed by atoms with E-state index < -0.39 is 5.97 Å². The van der Waals surface area contributed by atoms with Gasteiger partial charge in [0.05, 0.1) is 24.7 Å². The minimum atomic E-state index is -0.857. The monoisotopic (exact) mass is 405 g/mol. The molecule has 1 aromatic carbocycles. The summed E-state index contributed by atoms with van der Waals surface area (Å²) in [6, 6.07) is 9.58. The van der Waals surface area contributed by atoms with E-state index in [4.69, 9.17) is 9.52 Å². The second-order valence-corrected chi connectivity index (χ2v) is 8.12. The zero-order valence-corrected chi connectivity index (χ0v) is 17.1. The van der Waals surface area contributed by atoms with E-state index in [9.17, 15) is 4.79 Å². The number of carbonyl (C=O) groups is 1. The van der Waals surface area contributed by atoms with Gasteiger partial charge in [-0.3, -0.25) is 9.48 Å². The zero-order chi connectivity index (χ0) is 21.3. The molecule has 0 amide bonds. The molecular formula is C22H23N5O3. The lowest BCUT2D eigenvalue weighted by molar-refractivity contribution is -0.137. The molecule has 4 aromatic rings. The number of nitrogens with one attached hydrogen (secondary N) is 1. The summed E-state index contributed by atoms with van der Waals surface area (Å²) in [7, 11) is 0. The Morgan fingerprint density at radius 2 is 2.00 bits per heavy atom. The Labute approximate surface area is 173 Å². The lowest BCUT2D eigenvalue weighted by Crippen LogP contribution is -2.27. The number of aromatic nitrogens is 4. The van der Waals surface area contributed by atoms with Crippen molar-refractivity contribution in [2.45, 2.75) is 39.3 Å². The van der Waals surface area contributed by atoms with E-state index in [1.807, 2.05) is 36.5 Å². The number of pyridine rings is 1. The number of rotatable bonds is 6. The van der Waals surface area contributed by atoms with Gasteiger partial charge in [-0.05, 0) is 39.0 Å². The van der Waals surface area contributed by atoms with Gasteiger partial charge in [-0.25, -0.2) is 9.97 Å². The smallest absolute Gasteiger partial charge is 0.305 e. The average molecular weight is 405 g/mol. The molecule has 154 valence electrons. The largest absolute Gasteiger partial charge is 0.481 e. The lowest BCUT2D eigenvalue weighted by Gasteiger charge is -2.22. The second-order valence-electron chi connectivity index (χ2n) is 8.12. The Hall–Kier alpha value is -3.68. The molecule has 2 N–H and O–H groups in total. The van der Waals surface area contributed by atoms with Crippen molar-refractivity contribution in [1.82, 2.24) is 19.7 Å². The standard InChI is InChI=1S/C22H23N5O3/c1-22(2,3)26-20-16(21-25-17-6-4-5-7-18(17)30-21)10-14(11-23-20)15-12-24-27(13-15)9-8-19(28)29/h4-7,10-13H,8-9H2,1-3H3,(H,23,26)(H,28,29). The Morgan fingerprint density at radius 1 is 1.20 bits per heavy atom. The number of para-hydroxylation sites is 2. The first-order valence-electron chi connectivity index (χ1n) is 9.67. The molecule has 0 saturated heterocycles. The van der Waals surface area contributed by atoms with Crippen LogP contribution in [0.4, 0.5) is 5.82 Å². The fourth-order valence-corrected chi connectivity index (χ4v) is 3.07. The number of aryl methyl sites for hydroxylation is 1. The van der Waals surface area contributed by atoms with Crippen molar-refractivity contribution in [3.8, 4) is 22.6 Å². The molecule has 4 rings (SSSR count). The second kappa shape index (κ2) is 7.62. The van der Waals surface area contributed by atoms with Crippen molar-refractivity contribution in [3.05, 3.63) is 48.9 Å². The summed E-state index contributed by atoms with van der Waals surface area (Å²) in [5.74, 6) is 0.302. The summed E-state index contributed by atoms with van der Waals surface area (Å²) < 4.78 is 7.61. The number of aliphatic carboxylic acids is 1. The van der Waals surface area contributed by atoms with Crippen molar-refractivity contribution in [1.29, 1.82) is 0 Å². The Kier molecular flexibility index (Phi) is 4.99. The molecule has 0 fully saturated rings. The lowest BCUT2D eigenvalue weighted by atomic mass is 10.1. The maximum Gasteiger partial charge on any atom is 0.305 e. The van der Waals surface area contributed by atoms with Crippen LogP contribution in [-0.2, 0) is 11.3 Å². The van der Waals surface area contributed by atoms with Gasteiger partial charge in [-0.15, -0.1) is 0 Å². The molecule has 8 nitrogen and oxygen atoms in total. The van der Waals surface area contributed by atoms with Gasteiger partial charge in [0.15, 0.2) is 5.58 Å². The quantitative estimate of drug-likeness (QED) is 0.488. The third-order valence-corrected chi connectivity index (χ3v) is 4.43. The first-order chi connectivity index (χ1) is 14.3. The van der Waals surface area contributed by atoms with E-state index in [1.54, 1.807) is 17.1 Å². The molecule has 30 heavy (non-hydrogen) atoms. The van der Waals surface area contributed by atoms with E-state index in [-0.39, 0.29) is 12.0 Å². The van der Waals surface area contributed by atoms with E-state index in [0.717, 1.165) is 22.2 Å². The summed E-state index contributed by atoms with van der Waals surface area (Å²) in [5, 5.41) is 16.5. The predicted octanol–water partition coefficient (Wildman–Crippen LogP) is 4.44. The molecule has 0 aliphatic heterocycles. The molecule has 0 radical (unpaired) electrons. The van der Waals surface area contributed by atoms with Crippen LogP contribution in [0.15, 0.2) is 53.3 Å². The van der Waals surface area contributed by atoms with Crippen LogP contribution in [0.5, 0.6) is 0 Å². The number of hydrogen-bond acceptors (Lipinski definition) is 6. The summed E-state index contributed by atoms with van der Waals surface area (Å²) in [6.45, 7) is 6.49. The van der Waals surface area contributed by atoms with Crippen molar-refractivity contribution >= 4 is 22.9 Å². The number of oxazole rings is 1. The van der Waals surface area contributed by atoms with E-state index >= 15 is 0 Å². The Bertz CT molecular complexity index is 1170. The predicted molar refractivity (Wildman–Crippen MR) is 114 cm³/mol. The topological polar surface area (TPSA) is 106 Å². The van der Waals surface area contributed by atoms with Gasteiger partial charge in [-0.1, -0.05) is 12.1 Å². The highest BCUT2D eigenvalue weighted by atomic mass is 16.4. The molecule has 0 spiro atoms. The number of carboxylic acid groups (broad SMARTS) is 1. The summed E-state index contributed by atoms with van der Waals surface area (Å²) in [4.78, 5) is 20.1. The maximum atomic E-state index is 10.8. The third-order valence-electron chi connectivity index (χ3n) is 4.43. The molecule has 0 unspecified atom stereocenters. The SMILES string of the molecule is CC(C)(C)Nc1ncc(-c2cnn(CCC(=O)O)c2)cc1-c1nc2ccccc2o1. The molecule has 8 heteroatoms. The highest BCUT2D eigenvalue weighted by Gasteiger charge is 2.19. The molecule has 0 bridgehead atoms. The van der Waals surface area contributed by atoms with Crippen molar-refractivity contribution in [2.24, 2.45) is 0 Å². The maximum absolute atomic E-state index is 10.8. The van der Waals surface area contributed by atoms with Crippen LogP contribution in [0, 0.1) is 0 Å². The van der Waals surface area contributed by atoms with Crippen LogP contribution < -0.4 is 5.32 Å². The van der Waals surface area contributed by atoms with Crippen LogP contribution in [0.2, 0.25) is 0 Å². The van der Waals surface area contributed by atoms with E-state index in [2.05, 4.69) is 41.2 Å². The van der Waals surface area contributed by atoms with Gasteiger partial charge in [0.1, 0.15) is 11.3 Å². The number of hydrogen-bond donors (Lipinski definition) is 2. The number of fused-ring (bicyclic) bond motifs is 1. The van der Waals surface area contributed by atoms with Gasteiger partial charge < -0.3 is 14.8 Å². The minimum absolute atomic E-state index is 0.0158. The van der Waals surface area contributed by atoms with E-state index in [1.165, 1.54) is 0 Å². The van der Waals surface area contributed by atoms with Gasteiger partial charge in [0.25, 0.3) is 0 Å². The van der Waals surface area contributed by atoms with Gasteiger partial charge in [-0.2, -0.15) is 5.10 Å². The molecule has 3 aromatic heterocycles. The minimum Gasteiger partial charge on any atom is -0.481 e. The van der Waals surface area contributed by atoms with Crippen molar-refractivity contribution < 1.29 is 14.3 Å². The fraction of sp³-hybridized carbons (Fsp3) is 0.273. The van der Waals surface area contributed by atoms with Gasteiger partial charge in [0, 0.05) is 29.1 Å². The number of benzene rings is 1. The Balaban J connectivity index is 1.75. The number of anilines is 1. The highest BCUT2D eigenvalue weighted by molar-refractivity contribution is 5.81. The fourth-order valence-electron chi connectivity index (χ4n) is 3.07. The van der Waals surface area contributed by atoms with Crippen LogP contribution in [0.25, 0.3) is 33.7 Å². The van der Waals surface area contributed by atoms with Crippen LogP contribution in [-0.4, -0.2) is 36.4 Å². The first kappa shape index (κ1) is 19.6. The van der Waals surface area contributed by atoms with Crippen LogP contribution >= 0.6 is 0 Å². The summed E-state index contributed by atoms with van der Waals surface area (Å²) in [5.41, 5.74) is 3.72. The number of nitrogens with zero attached hydrogens (tertiary/aromatic N) is 4. The molecule has 0 aliphatic rings. The molecule has 0 saturated carbocycles. The molecule has 3 heterocycles. The highest BCUT2D eigenvalue weighted by Crippen LogP contribution is 2.33. The zero-order valence-electron chi connectivity index (χ0n) is 17.1. The van der Waals surface area contributed by atoms with Gasteiger partial charge in [0.2, 0.25) is 5.89 Å². The molecular weight excluding hydrogens is 382 g/mol. The molecule has 0 aliphatic carbocycles. The van der Waals surface area contributed by atoms with Crippen LogP contribution in [0.1, 0.15) is 27.2 Å². The summed E-state index contributed by atoms with van der Waals surface area (Å²) >= 11 is 0. The molecule has 0 atom stereocenters. The van der Waals surface area contributed by atoms with Crippen LogP contribution in [0.3, 0.4) is 0 Å². The number of carboxylic acids is 1. The average Bonchev–Trinajstić information content (AvgIpc) is 3.32. The van der Waals surface area contributed by atoms with Gasteiger partial charge >= 0.3 is 5.97 Å². The van der Waals surface area contributed by atoms with E-state index in [0.29, 0.717) is 23.8 Å². The van der Waals surface area contributed by atoms with Crippen molar-refractivity contribution in [3.63, 3.8) is 0 Å². The normalized spacial score (nSPS) is 11.7. The first-order valence-corrected chi connectivity index (χ1v) is 9.67. The Morgan fingerprint density at radius 3 is 2.73 bits per heavy atom.